The summed E-state index contributed by atoms with van der Waals surface area (Å²) in [6.07, 6.45) is 3.68. The second kappa shape index (κ2) is 3.86. The number of aliphatic imine (C=N–C) groups is 1. The molecule has 0 saturated carbocycles. The Labute approximate surface area is 73.5 Å². The number of aryl methyl sites for hydroxylation is 1. The van der Waals surface area contributed by atoms with Gasteiger partial charge in [0.05, 0.1) is 0 Å². The Morgan fingerprint density at radius 3 is 2.75 bits per heavy atom. The molecule has 0 amide bonds. The van der Waals surface area contributed by atoms with Gasteiger partial charge < -0.3 is 0 Å². The fraction of sp³-hybridized carbons (Fsp3) is 0.182. The molecule has 0 saturated heterocycles. The topological polar surface area (TPSA) is 12.4 Å². The summed E-state index contributed by atoms with van der Waals surface area (Å²) in [6, 6.07) is 6.23. The molecule has 62 valence electrons. The molecule has 0 N–H and O–H groups in total. The van der Waals surface area contributed by atoms with E-state index >= 15 is 0 Å². The zero-order valence-corrected chi connectivity index (χ0v) is 7.54. The third-order valence-corrected chi connectivity index (χ3v) is 2.01. The number of hydrogen-bond acceptors (Lipinski definition) is 1. The van der Waals surface area contributed by atoms with Crippen LogP contribution >= 0.6 is 0 Å². The monoisotopic (exact) mass is 159 g/mol. The summed E-state index contributed by atoms with van der Waals surface area (Å²) in [5.41, 5.74) is 3.82. The lowest BCUT2D eigenvalue weighted by molar-refractivity contribution is 1.32. The largest absolute Gasteiger partial charge is 0.272 e. The first-order valence-corrected chi connectivity index (χ1v) is 3.94. The zero-order chi connectivity index (χ0) is 8.97. The molecular weight excluding hydrogens is 146 g/mol. The van der Waals surface area contributed by atoms with E-state index in [1.165, 1.54) is 16.7 Å². The van der Waals surface area contributed by atoms with Crippen molar-refractivity contribution in [3.05, 3.63) is 41.1 Å². The molecule has 12 heavy (non-hydrogen) atoms. The van der Waals surface area contributed by atoms with Gasteiger partial charge in [-0.05, 0) is 43.3 Å². The number of rotatable bonds is 2. The Morgan fingerprint density at radius 2 is 2.08 bits per heavy atom. The van der Waals surface area contributed by atoms with Crippen molar-refractivity contribution < 1.29 is 0 Å². The molecule has 1 heteroatoms. The predicted molar refractivity (Wildman–Crippen MR) is 54.5 cm³/mol. The second-order valence-electron chi connectivity index (χ2n) is 2.79. The molecule has 0 aliphatic carbocycles. The van der Waals surface area contributed by atoms with E-state index in [4.69, 9.17) is 0 Å². The van der Waals surface area contributed by atoms with Gasteiger partial charge in [0.1, 0.15) is 0 Å². The van der Waals surface area contributed by atoms with E-state index in [-0.39, 0.29) is 0 Å². The number of hydrogen-bond donors (Lipinski definition) is 0. The van der Waals surface area contributed by atoms with Gasteiger partial charge >= 0.3 is 0 Å². The molecule has 0 unspecified atom stereocenters. The van der Waals surface area contributed by atoms with Crippen molar-refractivity contribution in [1.82, 2.24) is 0 Å². The van der Waals surface area contributed by atoms with Crippen molar-refractivity contribution >= 4 is 12.8 Å². The fourth-order valence-corrected chi connectivity index (χ4v) is 1.09. The smallest absolute Gasteiger partial charge is 0.0266 e. The van der Waals surface area contributed by atoms with Crippen molar-refractivity contribution in [1.29, 1.82) is 0 Å². The van der Waals surface area contributed by atoms with E-state index in [1.807, 2.05) is 12.1 Å². The minimum Gasteiger partial charge on any atom is -0.272 e. The molecule has 1 aromatic rings. The summed E-state index contributed by atoms with van der Waals surface area (Å²) >= 11 is 0. The highest BCUT2D eigenvalue weighted by molar-refractivity contribution is 5.55. The van der Waals surface area contributed by atoms with Gasteiger partial charge in [-0.2, -0.15) is 0 Å². The quantitative estimate of drug-likeness (QED) is 0.588. The molecule has 0 fully saturated rings. The van der Waals surface area contributed by atoms with Gasteiger partial charge in [0.25, 0.3) is 0 Å². The number of benzene rings is 1. The van der Waals surface area contributed by atoms with Crippen LogP contribution in [-0.4, -0.2) is 6.72 Å². The minimum absolute atomic E-state index is 1.21. The van der Waals surface area contributed by atoms with Gasteiger partial charge in [0.2, 0.25) is 0 Å². The summed E-state index contributed by atoms with van der Waals surface area (Å²) in [6.45, 7) is 7.61. The summed E-state index contributed by atoms with van der Waals surface area (Å²) in [5, 5.41) is 0. The average molecular weight is 159 g/mol. The summed E-state index contributed by atoms with van der Waals surface area (Å²) in [7, 11) is 0. The Balaban J connectivity index is 3.07. The van der Waals surface area contributed by atoms with Crippen molar-refractivity contribution in [2.24, 2.45) is 4.99 Å². The van der Waals surface area contributed by atoms with Gasteiger partial charge in [-0.25, -0.2) is 0 Å². The molecule has 1 nitrogen and oxygen atoms in total. The van der Waals surface area contributed by atoms with Crippen molar-refractivity contribution in [3.8, 4) is 0 Å². The molecule has 0 bridgehead atoms. The van der Waals surface area contributed by atoms with Gasteiger partial charge in [-0.3, -0.25) is 4.99 Å². The highest BCUT2D eigenvalue weighted by Gasteiger charge is 1.94. The second-order valence-corrected chi connectivity index (χ2v) is 2.79. The van der Waals surface area contributed by atoms with Crippen LogP contribution in [0.2, 0.25) is 0 Å². The predicted octanol–water partition coefficient (Wildman–Crippen LogP) is 2.97. The molecule has 0 radical (unpaired) electrons. The Bertz CT molecular complexity index is 311. The van der Waals surface area contributed by atoms with E-state index in [0.29, 0.717) is 0 Å². The van der Waals surface area contributed by atoms with Crippen LogP contribution in [0.3, 0.4) is 0 Å². The lowest BCUT2D eigenvalue weighted by atomic mass is 10.0. The van der Waals surface area contributed by atoms with Crippen LogP contribution in [-0.2, 0) is 0 Å². The third kappa shape index (κ3) is 1.82. The molecule has 1 aromatic carbocycles. The molecule has 0 atom stereocenters. The molecule has 1 rings (SSSR count). The van der Waals surface area contributed by atoms with Crippen LogP contribution in [0.5, 0.6) is 0 Å². The first-order chi connectivity index (χ1) is 5.75. The van der Waals surface area contributed by atoms with Gasteiger partial charge in [-0.15, -0.1) is 0 Å². The summed E-state index contributed by atoms with van der Waals surface area (Å²) in [5.74, 6) is 0. The van der Waals surface area contributed by atoms with Crippen molar-refractivity contribution in [2.45, 2.75) is 13.8 Å². The van der Waals surface area contributed by atoms with E-state index in [0.717, 1.165) is 0 Å². The fourth-order valence-electron chi connectivity index (χ4n) is 1.09. The SMILES string of the molecule is C=N/C=C\c1cccc(C)c1C. The maximum atomic E-state index is 3.67. The third-order valence-electron chi connectivity index (χ3n) is 2.01. The van der Waals surface area contributed by atoms with Crippen LogP contribution in [0.25, 0.3) is 6.08 Å². The highest BCUT2D eigenvalue weighted by atomic mass is 14.6. The van der Waals surface area contributed by atoms with Gasteiger partial charge in [-0.1, -0.05) is 18.2 Å². The highest BCUT2D eigenvalue weighted by Crippen LogP contribution is 2.13. The average Bonchev–Trinajstić information content (AvgIpc) is 2.08. The number of nitrogens with zero attached hydrogens (tertiary/aromatic N) is 1. The first kappa shape index (κ1) is 8.72. The van der Waals surface area contributed by atoms with Crippen LogP contribution in [0.4, 0.5) is 0 Å². The minimum atomic E-state index is 1.21. The van der Waals surface area contributed by atoms with E-state index in [2.05, 4.69) is 37.7 Å². The molecular formula is C11H13N. The molecule has 0 aliphatic rings. The normalized spacial score (nSPS) is 10.5. The standard InChI is InChI=1S/C11H13N/c1-9-5-4-6-11(10(9)2)7-8-12-3/h4-8H,3H2,1-2H3/b8-7-. The van der Waals surface area contributed by atoms with Crippen molar-refractivity contribution in [3.63, 3.8) is 0 Å². The summed E-state index contributed by atoms with van der Waals surface area (Å²) < 4.78 is 0. The van der Waals surface area contributed by atoms with Crippen LogP contribution in [0.15, 0.2) is 29.4 Å². The lowest BCUT2D eigenvalue weighted by Crippen LogP contribution is -1.83. The molecule has 0 aliphatic heterocycles. The maximum Gasteiger partial charge on any atom is 0.0266 e. The first-order valence-electron chi connectivity index (χ1n) is 3.94. The molecule has 0 heterocycles. The Hall–Kier alpha value is -1.37. The zero-order valence-electron chi connectivity index (χ0n) is 7.54. The van der Waals surface area contributed by atoms with E-state index in [1.54, 1.807) is 6.20 Å². The van der Waals surface area contributed by atoms with Gasteiger partial charge in [0.15, 0.2) is 0 Å². The van der Waals surface area contributed by atoms with Crippen LogP contribution in [0.1, 0.15) is 16.7 Å². The maximum absolute atomic E-state index is 3.67. The van der Waals surface area contributed by atoms with E-state index in [9.17, 15) is 0 Å². The summed E-state index contributed by atoms with van der Waals surface area (Å²) in [4.78, 5) is 3.67. The van der Waals surface area contributed by atoms with Crippen LogP contribution < -0.4 is 0 Å². The Morgan fingerprint density at radius 1 is 1.33 bits per heavy atom. The lowest BCUT2D eigenvalue weighted by Gasteiger charge is -2.02. The molecule has 0 spiro atoms. The Kier molecular flexibility index (Phi) is 2.81. The van der Waals surface area contributed by atoms with Crippen molar-refractivity contribution in [2.75, 3.05) is 0 Å². The van der Waals surface area contributed by atoms with Gasteiger partial charge in [0, 0.05) is 6.20 Å². The molecule has 0 aromatic heterocycles. The van der Waals surface area contributed by atoms with E-state index < -0.39 is 0 Å². The van der Waals surface area contributed by atoms with Crippen LogP contribution in [0, 0.1) is 13.8 Å².